The van der Waals surface area contributed by atoms with Crippen LogP contribution in [-0.4, -0.2) is 49.7 Å². The molecule has 0 bridgehead atoms. The van der Waals surface area contributed by atoms with E-state index in [-0.39, 0.29) is 12.0 Å². The highest BCUT2D eigenvalue weighted by Crippen LogP contribution is 2.20. The molecule has 0 N–H and O–H groups in total. The van der Waals surface area contributed by atoms with E-state index < -0.39 is 0 Å². The molecule has 4 rings (SSSR count). The minimum Gasteiger partial charge on any atom is -0.490 e. The third-order valence-electron chi connectivity index (χ3n) is 4.42. The zero-order valence-corrected chi connectivity index (χ0v) is 14.2. The van der Waals surface area contributed by atoms with Gasteiger partial charge in [-0.05, 0) is 24.3 Å². The van der Waals surface area contributed by atoms with E-state index in [1.807, 2.05) is 35.2 Å². The average Bonchev–Trinajstić information content (AvgIpc) is 3.24. The van der Waals surface area contributed by atoms with Crippen LogP contribution in [0.3, 0.4) is 0 Å². The highest BCUT2D eigenvalue weighted by molar-refractivity contribution is 5.94. The fraction of sp³-hybridized carbons (Fsp3) is 0.263. The van der Waals surface area contributed by atoms with E-state index in [2.05, 4.69) is 15.1 Å². The van der Waals surface area contributed by atoms with Crippen molar-refractivity contribution in [3.63, 3.8) is 0 Å². The smallest absolute Gasteiger partial charge is 0.254 e. The zero-order chi connectivity index (χ0) is 17.8. The van der Waals surface area contributed by atoms with E-state index in [0.717, 1.165) is 18.6 Å². The summed E-state index contributed by atoms with van der Waals surface area (Å²) < 4.78 is 7.53. The van der Waals surface area contributed by atoms with Crippen LogP contribution in [0.1, 0.15) is 23.2 Å². The number of hydrogen-bond acceptors (Lipinski definition) is 5. The maximum Gasteiger partial charge on any atom is 0.254 e. The first-order valence-corrected chi connectivity index (χ1v) is 8.61. The van der Waals surface area contributed by atoms with Gasteiger partial charge < -0.3 is 9.64 Å². The second-order valence-corrected chi connectivity index (χ2v) is 6.17. The first kappa shape index (κ1) is 16.3. The van der Waals surface area contributed by atoms with Crippen LogP contribution < -0.4 is 4.74 Å². The minimum absolute atomic E-state index is 0.00641. The summed E-state index contributed by atoms with van der Waals surface area (Å²) in [6.07, 6.45) is 6.40. The number of rotatable bonds is 4. The van der Waals surface area contributed by atoms with E-state index in [1.54, 1.807) is 24.7 Å². The van der Waals surface area contributed by atoms with Crippen LogP contribution in [0, 0.1) is 0 Å². The van der Waals surface area contributed by atoms with Gasteiger partial charge in [-0.1, -0.05) is 18.2 Å². The Labute approximate surface area is 151 Å². The van der Waals surface area contributed by atoms with Crippen molar-refractivity contribution in [2.75, 3.05) is 13.1 Å². The van der Waals surface area contributed by atoms with Crippen LogP contribution in [0.5, 0.6) is 5.75 Å². The third-order valence-corrected chi connectivity index (χ3v) is 4.42. The standard InChI is InChI=1S/C19H19N5O2/c25-19(15-6-9-21-18(12-15)24-14-20-13-22-24)23-10-7-17(8-11-23)26-16-4-2-1-3-5-16/h1-6,9,12-14,17H,7-8,10-11H2. The second-order valence-electron chi connectivity index (χ2n) is 6.17. The number of carbonyl (C=O) groups excluding carboxylic acids is 1. The van der Waals surface area contributed by atoms with Crippen molar-refractivity contribution in [2.45, 2.75) is 18.9 Å². The van der Waals surface area contributed by atoms with Crippen LogP contribution in [-0.2, 0) is 0 Å². The monoisotopic (exact) mass is 349 g/mol. The highest BCUT2D eigenvalue weighted by Gasteiger charge is 2.25. The van der Waals surface area contributed by atoms with Crippen molar-refractivity contribution >= 4 is 5.91 Å². The summed E-state index contributed by atoms with van der Waals surface area (Å²) in [5.74, 6) is 1.46. The van der Waals surface area contributed by atoms with Gasteiger partial charge in [0.1, 0.15) is 24.5 Å². The molecule has 1 aliphatic heterocycles. The Morgan fingerprint density at radius 2 is 1.92 bits per heavy atom. The number of benzene rings is 1. The van der Waals surface area contributed by atoms with Crippen LogP contribution >= 0.6 is 0 Å². The quantitative estimate of drug-likeness (QED) is 0.723. The Morgan fingerprint density at radius 3 is 2.65 bits per heavy atom. The van der Waals surface area contributed by atoms with E-state index in [0.29, 0.717) is 24.5 Å². The number of para-hydroxylation sites is 1. The van der Waals surface area contributed by atoms with Gasteiger partial charge in [-0.25, -0.2) is 14.6 Å². The summed E-state index contributed by atoms with van der Waals surface area (Å²) in [7, 11) is 0. The lowest BCUT2D eigenvalue weighted by Crippen LogP contribution is -2.41. The van der Waals surface area contributed by atoms with Gasteiger partial charge in [-0.2, -0.15) is 5.10 Å². The maximum absolute atomic E-state index is 12.8. The minimum atomic E-state index is 0.00641. The van der Waals surface area contributed by atoms with Crippen molar-refractivity contribution in [3.05, 3.63) is 66.9 Å². The molecular formula is C19H19N5O2. The van der Waals surface area contributed by atoms with Crippen LogP contribution in [0.4, 0.5) is 0 Å². The van der Waals surface area contributed by atoms with Gasteiger partial charge in [0.05, 0.1) is 0 Å². The maximum atomic E-state index is 12.8. The Kier molecular flexibility index (Phi) is 4.59. The molecule has 0 radical (unpaired) electrons. The fourth-order valence-electron chi connectivity index (χ4n) is 3.05. The van der Waals surface area contributed by atoms with E-state index in [1.165, 1.54) is 11.0 Å². The van der Waals surface area contributed by atoms with Gasteiger partial charge >= 0.3 is 0 Å². The molecule has 1 fully saturated rings. The molecule has 7 nitrogen and oxygen atoms in total. The topological polar surface area (TPSA) is 73.1 Å². The van der Waals surface area contributed by atoms with Gasteiger partial charge in [-0.3, -0.25) is 4.79 Å². The lowest BCUT2D eigenvalue weighted by molar-refractivity contribution is 0.0595. The van der Waals surface area contributed by atoms with E-state index in [9.17, 15) is 4.79 Å². The summed E-state index contributed by atoms with van der Waals surface area (Å²) in [5.41, 5.74) is 0.605. The van der Waals surface area contributed by atoms with Gasteiger partial charge in [-0.15, -0.1) is 0 Å². The highest BCUT2D eigenvalue weighted by atomic mass is 16.5. The fourth-order valence-corrected chi connectivity index (χ4v) is 3.05. The molecule has 3 aromatic rings. The number of carbonyl (C=O) groups is 1. The van der Waals surface area contributed by atoms with Gasteiger partial charge in [0.15, 0.2) is 5.82 Å². The SMILES string of the molecule is O=C(c1ccnc(-n2cncn2)c1)N1CCC(Oc2ccccc2)CC1. The van der Waals surface area contributed by atoms with Crippen LogP contribution in [0.15, 0.2) is 61.3 Å². The molecule has 1 aromatic carbocycles. The van der Waals surface area contributed by atoms with Crippen molar-refractivity contribution in [1.29, 1.82) is 0 Å². The first-order chi connectivity index (χ1) is 12.8. The van der Waals surface area contributed by atoms with E-state index in [4.69, 9.17) is 4.74 Å². The molecular weight excluding hydrogens is 330 g/mol. The summed E-state index contributed by atoms with van der Waals surface area (Å²) in [4.78, 5) is 22.8. The predicted molar refractivity (Wildman–Crippen MR) is 95.1 cm³/mol. The molecule has 0 unspecified atom stereocenters. The summed E-state index contributed by atoms with van der Waals surface area (Å²) in [5, 5.41) is 4.05. The van der Waals surface area contributed by atoms with Crippen molar-refractivity contribution in [1.82, 2.24) is 24.6 Å². The van der Waals surface area contributed by atoms with Crippen molar-refractivity contribution < 1.29 is 9.53 Å². The summed E-state index contributed by atoms with van der Waals surface area (Å²) in [6, 6.07) is 13.3. The Balaban J connectivity index is 1.39. The number of ether oxygens (including phenoxy) is 1. The van der Waals surface area contributed by atoms with Gasteiger partial charge in [0.2, 0.25) is 0 Å². The molecule has 1 aliphatic rings. The molecule has 26 heavy (non-hydrogen) atoms. The lowest BCUT2D eigenvalue weighted by Gasteiger charge is -2.32. The van der Waals surface area contributed by atoms with Crippen molar-refractivity contribution in [2.24, 2.45) is 0 Å². The molecule has 0 atom stereocenters. The van der Waals surface area contributed by atoms with E-state index >= 15 is 0 Å². The Bertz CT molecular complexity index is 859. The predicted octanol–water partition coefficient (Wildman–Crippen LogP) is 2.35. The second kappa shape index (κ2) is 7.35. The number of aromatic nitrogens is 4. The van der Waals surface area contributed by atoms with Crippen molar-refractivity contribution in [3.8, 4) is 11.6 Å². The largest absolute Gasteiger partial charge is 0.490 e. The third kappa shape index (κ3) is 3.56. The van der Waals surface area contributed by atoms with Crippen LogP contribution in [0.25, 0.3) is 5.82 Å². The molecule has 0 spiro atoms. The normalized spacial score (nSPS) is 15.0. The zero-order valence-electron chi connectivity index (χ0n) is 14.2. The van der Waals surface area contributed by atoms with Crippen LogP contribution in [0.2, 0.25) is 0 Å². The molecule has 1 amide bonds. The first-order valence-electron chi connectivity index (χ1n) is 8.61. The number of pyridine rings is 1. The van der Waals surface area contributed by atoms with Gasteiger partial charge in [0.25, 0.3) is 5.91 Å². The number of hydrogen-bond donors (Lipinski definition) is 0. The molecule has 0 aliphatic carbocycles. The lowest BCUT2D eigenvalue weighted by atomic mass is 10.1. The number of likely N-dealkylation sites (tertiary alicyclic amines) is 1. The molecule has 0 saturated carbocycles. The number of piperidine rings is 1. The molecule has 2 aromatic heterocycles. The number of nitrogens with zero attached hydrogens (tertiary/aromatic N) is 5. The van der Waals surface area contributed by atoms with Gasteiger partial charge in [0, 0.05) is 37.7 Å². The summed E-state index contributed by atoms with van der Waals surface area (Å²) >= 11 is 0. The Morgan fingerprint density at radius 1 is 1.12 bits per heavy atom. The molecule has 7 heteroatoms. The molecule has 3 heterocycles. The number of amides is 1. The Hall–Kier alpha value is -3.22. The summed E-state index contributed by atoms with van der Waals surface area (Å²) in [6.45, 7) is 1.36. The molecule has 1 saturated heterocycles. The molecule has 132 valence electrons. The average molecular weight is 349 g/mol.